The summed E-state index contributed by atoms with van der Waals surface area (Å²) in [7, 11) is 2.05. The van der Waals surface area contributed by atoms with Crippen molar-refractivity contribution in [1.29, 1.82) is 0 Å². The van der Waals surface area contributed by atoms with Crippen LogP contribution in [0.25, 0.3) is 0 Å². The van der Waals surface area contributed by atoms with Crippen LogP contribution in [0.15, 0.2) is 48.5 Å². The van der Waals surface area contributed by atoms with E-state index < -0.39 is 0 Å². The summed E-state index contributed by atoms with van der Waals surface area (Å²) >= 11 is 5.99. The summed E-state index contributed by atoms with van der Waals surface area (Å²) in [6.07, 6.45) is 2.37. The Bertz CT molecular complexity index is 562. The van der Waals surface area contributed by atoms with Gasteiger partial charge >= 0.3 is 0 Å². The van der Waals surface area contributed by atoms with Crippen LogP contribution in [-0.4, -0.2) is 7.05 Å². The van der Waals surface area contributed by atoms with Crippen LogP contribution < -0.4 is 5.32 Å². The van der Waals surface area contributed by atoms with Gasteiger partial charge in [-0.2, -0.15) is 0 Å². The third-order valence-corrected chi connectivity index (χ3v) is 4.36. The summed E-state index contributed by atoms with van der Waals surface area (Å²) in [4.78, 5) is 0. The smallest absolute Gasteiger partial charge is 0.0406 e. The standard InChI is InChI=1S/C17H18ClN/c1-19-17-11-10-14(12-6-8-13(18)9-7-12)15-4-2-3-5-16(15)17/h2-9,14,17,19H,10-11H2,1H3/t14-,17-/m1/s1. The molecule has 1 nitrogen and oxygen atoms in total. The van der Waals surface area contributed by atoms with Crippen LogP contribution in [0, 0.1) is 0 Å². The zero-order valence-corrected chi connectivity index (χ0v) is 11.8. The van der Waals surface area contributed by atoms with E-state index in [9.17, 15) is 0 Å². The van der Waals surface area contributed by atoms with E-state index in [4.69, 9.17) is 11.6 Å². The normalized spacial score (nSPS) is 22.0. The van der Waals surface area contributed by atoms with Crippen LogP contribution in [0.5, 0.6) is 0 Å². The van der Waals surface area contributed by atoms with Gasteiger partial charge in [-0.3, -0.25) is 0 Å². The van der Waals surface area contributed by atoms with Crippen molar-refractivity contribution >= 4 is 11.6 Å². The van der Waals surface area contributed by atoms with Crippen LogP contribution in [0.1, 0.15) is 41.5 Å². The Morgan fingerprint density at radius 2 is 1.63 bits per heavy atom. The second-order valence-corrected chi connectivity index (χ2v) is 5.59. The minimum Gasteiger partial charge on any atom is -0.313 e. The van der Waals surface area contributed by atoms with E-state index in [1.165, 1.54) is 29.5 Å². The fourth-order valence-corrected chi connectivity index (χ4v) is 3.26. The van der Waals surface area contributed by atoms with Gasteiger partial charge in [0.1, 0.15) is 0 Å². The third kappa shape index (κ3) is 2.41. The minimum absolute atomic E-state index is 0.486. The number of hydrogen-bond acceptors (Lipinski definition) is 1. The lowest BCUT2D eigenvalue weighted by Crippen LogP contribution is -2.24. The largest absolute Gasteiger partial charge is 0.313 e. The monoisotopic (exact) mass is 271 g/mol. The molecule has 1 N–H and O–H groups in total. The van der Waals surface area contributed by atoms with Gasteiger partial charge in [-0.05, 0) is 48.7 Å². The number of hydrogen-bond donors (Lipinski definition) is 1. The fourth-order valence-electron chi connectivity index (χ4n) is 3.13. The van der Waals surface area contributed by atoms with Crippen LogP contribution >= 0.6 is 11.6 Å². The second kappa shape index (κ2) is 5.36. The van der Waals surface area contributed by atoms with Gasteiger partial charge in [0.25, 0.3) is 0 Å². The first-order valence-corrected chi connectivity index (χ1v) is 7.19. The number of nitrogens with one attached hydrogen (secondary N) is 1. The molecule has 0 aliphatic heterocycles. The van der Waals surface area contributed by atoms with Gasteiger partial charge in [0.05, 0.1) is 0 Å². The van der Waals surface area contributed by atoms with Crippen LogP contribution in [0.3, 0.4) is 0 Å². The number of fused-ring (bicyclic) bond motifs is 1. The molecule has 0 amide bonds. The first-order valence-electron chi connectivity index (χ1n) is 6.81. The van der Waals surface area contributed by atoms with E-state index in [1.807, 2.05) is 19.2 Å². The molecule has 0 saturated heterocycles. The summed E-state index contributed by atoms with van der Waals surface area (Å²) in [6.45, 7) is 0. The highest BCUT2D eigenvalue weighted by molar-refractivity contribution is 6.30. The van der Waals surface area contributed by atoms with Crippen LogP contribution in [-0.2, 0) is 0 Å². The number of halogens is 1. The van der Waals surface area contributed by atoms with Crippen molar-refractivity contribution in [3.05, 3.63) is 70.2 Å². The molecule has 2 aromatic carbocycles. The summed E-state index contributed by atoms with van der Waals surface area (Å²) in [5, 5.41) is 4.23. The predicted molar refractivity (Wildman–Crippen MR) is 80.8 cm³/mol. The first kappa shape index (κ1) is 12.7. The molecule has 0 unspecified atom stereocenters. The molecule has 3 rings (SSSR count). The van der Waals surface area contributed by atoms with Crippen molar-refractivity contribution in [3.8, 4) is 0 Å². The van der Waals surface area contributed by atoms with E-state index in [0.29, 0.717) is 12.0 Å². The van der Waals surface area contributed by atoms with Gasteiger partial charge in [-0.25, -0.2) is 0 Å². The molecule has 2 aromatic rings. The minimum atomic E-state index is 0.486. The molecule has 2 atom stereocenters. The maximum Gasteiger partial charge on any atom is 0.0406 e. The van der Waals surface area contributed by atoms with Crippen molar-refractivity contribution in [2.24, 2.45) is 0 Å². The van der Waals surface area contributed by atoms with Gasteiger partial charge in [-0.1, -0.05) is 48.0 Å². The summed E-state index contributed by atoms with van der Waals surface area (Å²) in [5.41, 5.74) is 4.26. The van der Waals surface area contributed by atoms with Gasteiger partial charge in [0.15, 0.2) is 0 Å². The Morgan fingerprint density at radius 1 is 0.947 bits per heavy atom. The molecule has 19 heavy (non-hydrogen) atoms. The average molecular weight is 272 g/mol. The van der Waals surface area contributed by atoms with Gasteiger partial charge < -0.3 is 5.32 Å². The maximum absolute atomic E-state index is 5.99. The lowest BCUT2D eigenvalue weighted by molar-refractivity contribution is 0.471. The van der Waals surface area contributed by atoms with Crippen molar-refractivity contribution in [1.82, 2.24) is 5.32 Å². The first-order chi connectivity index (χ1) is 9.29. The zero-order chi connectivity index (χ0) is 13.2. The van der Waals surface area contributed by atoms with Gasteiger partial charge in [0.2, 0.25) is 0 Å². The molecule has 0 spiro atoms. The Morgan fingerprint density at radius 3 is 2.32 bits per heavy atom. The lowest BCUT2D eigenvalue weighted by Gasteiger charge is -2.31. The summed E-state index contributed by atoms with van der Waals surface area (Å²) < 4.78 is 0. The molecule has 0 bridgehead atoms. The summed E-state index contributed by atoms with van der Waals surface area (Å²) in [5.74, 6) is 0.498. The van der Waals surface area contributed by atoms with Crippen molar-refractivity contribution in [3.63, 3.8) is 0 Å². The molecule has 2 heteroatoms. The zero-order valence-electron chi connectivity index (χ0n) is 11.1. The maximum atomic E-state index is 5.99. The van der Waals surface area contributed by atoms with Crippen molar-refractivity contribution in [2.75, 3.05) is 7.05 Å². The molecular weight excluding hydrogens is 254 g/mol. The van der Waals surface area contributed by atoms with Crippen molar-refractivity contribution < 1.29 is 0 Å². The third-order valence-electron chi connectivity index (χ3n) is 4.11. The van der Waals surface area contributed by atoms with E-state index in [2.05, 4.69) is 41.7 Å². The molecule has 0 radical (unpaired) electrons. The van der Waals surface area contributed by atoms with Crippen LogP contribution in [0.2, 0.25) is 5.02 Å². The highest BCUT2D eigenvalue weighted by Gasteiger charge is 2.26. The van der Waals surface area contributed by atoms with E-state index in [-0.39, 0.29) is 0 Å². The molecule has 98 valence electrons. The Balaban J connectivity index is 2.02. The highest BCUT2D eigenvalue weighted by Crippen LogP contribution is 2.41. The molecular formula is C17H18ClN. The Hall–Kier alpha value is -1.31. The molecule has 0 aromatic heterocycles. The molecule has 1 aliphatic rings. The van der Waals surface area contributed by atoms with Gasteiger partial charge in [0, 0.05) is 17.0 Å². The highest BCUT2D eigenvalue weighted by atomic mass is 35.5. The van der Waals surface area contributed by atoms with E-state index >= 15 is 0 Å². The Labute approximate surface area is 119 Å². The van der Waals surface area contributed by atoms with Gasteiger partial charge in [-0.15, -0.1) is 0 Å². The molecule has 1 aliphatic carbocycles. The fraction of sp³-hybridized carbons (Fsp3) is 0.294. The SMILES string of the molecule is CN[C@@H]1CC[C@H](c2ccc(Cl)cc2)c2ccccc21. The summed E-state index contributed by atoms with van der Waals surface area (Å²) in [6, 6.07) is 17.6. The second-order valence-electron chi connectivity index (χ2n) is 5.15. The molecule has 0 fully saturated rings. The number of benzene rings is 2. The quantitative estimate of drug-likeness (QED) is 0.846. The van der Waals surface area contributed by atoms with E-state index in [1.54, 1.807) is 0 Å². The predicted octanol–water partition coefficient (Wildman–Crippen LogP) is 4.53. The van der Waals surface area contributed by atoms with Crippen molar-refractivity contribution in [2.45, 2.75) is 24.8 Å². The van der Waals surface area contributed by atoms with Crippen LogP contribution in [0.4, 0.5) is 0 Å². The van der Waals surface area contributed by atoms with E-state index in [0.717, 1.165) is 5.02 Å². The lowest BCUT2D eigenvalue weighted by atomic mass is 9.77. The number of rotatable bonds is 2. The Kier molecular flexibility index (Phi) is 3.58. The molecule has 0 heterocycles. The topological polar surface area (TPSA) is 12.0 Å². The molecule has 0 saturated carbocycles. The average Bonchev–Trinajstić information content (AvgIpc) is 2.47.